The number of anilines is 1. The lowest BCUT2D eigenvalue weighted by Crippen LogP contribution is -2.14. The van der Waals surface area contributed by atoms with Crippen LogP contribution in [0.5, 0.6) is 0 Å². The van der Waals surface area contributed by atoms with Crippen LogP contribution in [0.15, 0.2) is 29.6 Å². The van der Waals surface area contributed by atoms with Crippen LogP contribution in [0.2, 0.25) is 0 Å². The number of nitrogens with zero attached hydrogens (tertiary/aromatic N) is 3. The van der Waals surface area contributed by atoms with Crippen molar-refractivity contribution in [1.29, 1.82) is 5.26 Å². The molecule has 0 saturated carbocycles. The highest BCUT2D eigenvalue weighted by Crippen LogP contribution is 2.15. The zero-order chi connectivity index (χ0) is 9.68. The summed E-state index contributed by atoms with van der Waals surface area (Å²) in [6.45, 7) is 1.89. The van der Waals surface area contributed by atoms with Crippen molar-refractivity contribution in [1.82, 2.24) is 0 Å². The van der Waals surface area contributed by atoms with E-state index < -0.39 is 0 Å². The molecule has 0 N–H and O–H groups in total. The molecule has 0 radical (unpaired) electrons. The summed E-state index contributed by atoms with van der Waals surface area (Å²) in [5.41, 5.74) is 1.68. The van der Waals surface area contributed by atoms with Crippen LogP contribution in [0.3, 0.4) is 0 Å². The van der Waals surface area contributed by atoms with Crippen LogP contribution in [0.25, 0.3) is 0 Å². The molecule has 1 rings (SSSR count). The lowest BCUT2D eigenvalue weighted by molar-refractivity contribution is 0.935. The monoisotopic (exact) mass is 175 g/mol. The standard InChI is InChI=1S/C9H9N3O/c1-8-3-2-4-9(7-8)12(11-13)6-5-10/h2-4,7H,6H2,1H3. The van der Waals surface area contributed by atoms with Crippen LogP contribution in [0.4, 0.5) is 5.69 Å². The Morgan fingerprint density at radius 1 is 1.62 bits per heavy atom. The van der Waals surface area contributed by atoms with Gasteiger partial charge in [0.1, 0.15) is 6.54 Å². The van der Waals surface area contributed by atoms with E-state index in [-0.39, 0.29) is 6.54 Å². The smallest absolute Gasteiger partial charge is 0.131 e. The number of benzene rings is 1. The summed E-state index contributed by atoms with van der Waals surface area (Å²) in [5.74, 6) is 0. The first-order valence-electron chi connectivity index (χ1n) is 3.82. The SMILES string of the molecule is Cc1cccc(N(CC#N)N=O)c1. The van der Waals surface area contributed by atoms with Gasteiger partial charge in [0, 0.05) is 0 Å². The van der Waals surface area contributed by atoms with Crippen molar-refractivity contribution in [2.24, 2.45) is 5.29 Å². The van der Waals surface area contributed by atoms with Crippen molar-refractivity contribution < 1.29 is 0 Å². The zero-order valence-electron chi connectivity index (χ0n) is 7.27. The molecule has 4 heteroatoms. The van der Waals surface area contributed by atoms with E-state index in [4.69, 9.17) is 5.26 Å². The largest absolute Gasteiger partial charge is 0.215 e. The van der Waals surface area contributed by atoms with Gasteiger partial charge in [-0.2, -0.15) is 5.26 Å². The van der Waals surface area contributed by atoms with Crippen molar-refractivity contribution in [3.8, 4) is 6.07 Å². The summed E-state index contributed by atoms with van der Waals surface area (Å²) in [6.07, 6.45) is 0. The Kier molecular flexibility index (Phi) is 2.98. The van der Waals surface area contributed by atoms with Crippen LogP contribution in [-0.2, 0) is 0 Å². The van der Waals surface area contributed by atoms with Crippen molar-refractivity contribution in [3.05, 3.63) is 34.7 Å². The number of hydrogen-bond donors (Lipinski definition) is 0. The van der Waals surface area contributed by atoms with Crippen LogP contribution in [0.1, 0.15) is 5.56 Å². The van der Waals surface area contributed by atoms with Gasteiger partial charge in [-0.15, -0.1) is 4.91 Å². The molecule has 66 valence electrons. The fourth-order valence-electron chi connectivity index (χ4n) is 1.02. The summed E-state index contributed by atoms with van der Waals surface area (Å²) in [7, 11) is 0. The molecule has 13 heavy (non-hydrogen) atoms. The third-order valence-electron chi connectivity index (χ3n) is 1.62. The number of rotatable bonds is 3. The van der Waals surface area contributed by atoms with E-state index in [1.54, 1.807) is 12.1 Å². The van der Waals surface area contributed by atoms with Gasteiger partial charge in [-0.3, -0.25) is 0 Å². The number of nitriles is 1. The minimum absolute atomic E-state index is 0.0209. The highest BCUT2D eigenvalue weighted by atomic mass is 16.3. The van der Waals surface area contributed by atoms with E-state index in [9.17, 15) is 4.91 Å². The molecule has 0 aliphatic rings. The second-order valence-electron chi connectivity index (χ2n) is 2.64. The van der Waals surface area contributed by atoms with Gasteiger partial charge in [0.2, 0.25) is 0 Å². The molecule has 1 aromatic carbocycles. The van der Waals surface area contributed by atoms with E-state index in [0.29, 0.717) is 5.69 Å². The fraction of sp³-hybridized carbons (Fsp3) is 0.222. The summed E-state index contributed by atoms with van der Waals surface area (Å²) < 4.78 is 0. The molecule has 0 heterocycles. The third kappa shape index (κ3) is 2.27. The molecule has 1 aromatic rings. The molecule has 0 amide bonds. The normalized spacial score (nSPS) is 8.92. The second kappa shape index (κ2) is 4.21. The minimum atomic E-state index is -0.0209. The maximum Gasteiger partial charge on any atom is 0.131 e. The van der Waals surface area contributed by atoms with E-state index in [1.807, 2.05) is 25.1 Å². The Morgan fingerprint density at radius 3 is 2.92 bits per heavy atom. The van der Waals surface area contributed by atoms with Gasteiger partial charge < -0.3 is 0 Å². The Hall–Kier alpha value is -1.89. The molecular formula is C9H9N3O. The quantitative estimate of drug-likeness (QED) is 0.401. The van der Waals surface area contributed by atoms with Gasteiger partial charge >= 0.3 is 0 Å². The Bertz CT molecular complexity index is 343. The molecule has 4 nitrogen and oxygen atoms in total. The first-order chi connectivity index (χ1) is 6.27. The number of aryl methyl sites for hydroxylation is 1. The molecule has 0 atom stereocenters. The van der Waals surface area contributed by atoms with Crippen molar-refractivity contribution >= 4 is 5.69 Å². The van der Waals surface area contributed by atoms with E-state index in [2.05, 4.69) is 5.29 Å². The minimum Gasteiger partial charge on any atom is -0.215 e. The number of nitroso groups, excluding NO2 is 1. The summed E-state index contributed by atoms with van der Waals surface area (Å²) >= 11 is 0. The van der Waals surface area contributed by atoms with Crippen molar-refractivity contribution in [2.75, 3.05) is 11.6 Å². The topological polar surface area (TPSA) is 56.5 Å². The van der Waals surface area contributed by atoms with Crippen LogP contribution < -0.4 is 5.01 Å². The van der Waals surface area contributed by atoms with Crippen LogP contribution >= 0.6 is 0 Å². The molecule has 0 unspecified atom stereocenters. The fourth-order valence-corrected chi connectivity index (χ4v) is 1.02. The van der Waals surface area contributed by atoms with E-state index in [1.165, 1.54) is 0 Å². The highest BCUT2D eigenvalue weighted by molar-refractivity contribution is 5.48. The van der Waals surface area contributed by atoms with Gasteiger partial charge in [-0.25, -0.2) is 5.01 Å². The maximum absolute atomic E-state index is 10.3. The summed E-state index contributed by atoms with van der Waals surface area (Å²) in [4.78, 5) is 10.3. The molecular weight excluding hydrogens is 166 g/mol. The Balaban J connectivity index is 2.92. The van der Waals surface area contributed by atoms with Gasteiger partial charge in [-0.1, -0.05) is 12.1 Å². The van der Waals surface area contributed by atoms with Crippen LogP contribution in [0, 0.1) is 23.2 Å². The predicted molar refractivity (Wildman–Crippen MR) is 49.9 cm³/mol. The average Bonchev–Trinajstić information content (AvgIpc) is 2.14. The molecule has 0 fully saturated rings. The van der Waals surface area contributed by atoms with Crippen molar-refractivity contribution in [2.45, 2.75) is 6.92 Å². The maximum atomic E-state index is 10.3. The average molecular weight is 175 g/mol. The lowest BCUT2D eigenvalue weighted by atomic mass is 10.2. The first kappa shape index (κ1) is 9.20. The molecule has 0 bridgehead atoms. The molecule has 0 aliphatic carbocycles. The summed E-state index contributed by atoms with van der Waals surface area (Å²) in [5, 5.41) is 12.3. The first-order valence-corrected chi connectivity index (χ1v) is 3.82. The molecule has 0 aromatic heterocycles. The van der Waals surface area contributed by atoms with E-state index in [0.717, 1.165) is 10.6 Å². The summed E-state index contributed by atoms with van der Waals surface area (Å²) in [6, 6.07) is 9.15. The second-order valence-corrected chi connectivity index (χ2v) is 2.64. The Morgan fingerprint density at radius 2 is 2.38 bits per heavy atom. The Labute approximate surface area is 76.3 Å². The third-order valence-corrected chi connectivity index (χ3v) is 1.62. The van der Waals surface area contributed by atoms with Crippen LogP contribution in [-0.4, -0.2) is 6.54 Å². The van der Waals surface area contributed by atoms with Gasteiger partial charge in [-0.05, 0) is 24.6 Å². The molecule has 0 saturated heterocycles. The molecule has 0 spiro atoms. The van der Waals surface area contributed by atoms with Crippen molar-refractivity contribution in [3.63, 3.8) is 0 Å². The van der Waals surface area contributed by atoms with Gasteiger partial charge in [0.25, 0.3) is 0 Å². The van der Waals surface area contributed by atoms with Gasteiger partial charge in [0.05, 0.1) is 17.0 Å². The lowest BCUT2D eigenvalue weighted by Gasteiger charge is -2.10. The van der Waals surface area contributed by atoms with Gasteiger partial charge in [0.15, 0.2) is 0 Å². The molecule has 0 aliphatic heterocycles. The zero-order valence-corrected chi connectivity index (χ0v) is 7.27. The highest BCUT2D eigenvalue weighted by Gasteiger charge is 2.04. The van der Waals surface area contributed by atoms with E-state index >= 15 is 0 Å². The predicted octanol–water partition coefficient (Wildman–Crippen LogP) is 2.01. The number of hydrogen-bond acceptors (Lipinski definition) is 3.